The number of hydrogen-bond acceptors (Lipinski definition) is 3. The van der Waals surface area contributed by atoms with Crippen LogP contribution in [-0.2, 0) is 4.79 Å². The molecule has 1 fully saturated rings. The third kappa shape index (κ3) is 4.01. The predicted molar refractivity (Wildman–Crippen MR) is 71.2 cm³/mol. The molecule has 3 N–H and O–H groups in total. The summed E-state index contributed by atoms with van der Waals surface area (Å²) in [5, 5.41) is 15.1. The van der Waals surface area contributed by atoms with Gasteiger partial charge in [0, 0.05) is 18.3 Å². The van der Waals surface area contributed by atoms with E-state index in [-0.39, 0.29) is 36.8 Å². The van der Waals surface area contributed by atoms with Crippen molar-refractivity contribution in [3.8, 4) is 0 Å². The summed E-state index contributed by atoms with van der Waals surface area (Å²) in [7, 11) is 0. The Morgan fingerprint density at radius 1 is 1.32 bits per heavy atom. The standard InChI is InChI=1S/C14H19FN2O2/c15-11-4-6-12(7-5-11)17-14(19)8-16-13-3-1-2-10(13)9-18/h4-7,10,13,16,18H,1-3,8-9H2,(H,17,19). The molecule has 0 heterocycles. The van der Waals surface area contributed by atoms with Crippen molar-refractivity contribution in [3.05, 3.63) is 30.1 Å². The summed E-state index contributed by atoms with van der Waals surface area (Å²) in [5.74, 6) is -0.235. The van der Waals surface area contributed by atoms with Crippen LogP contribution in [0, 0.1) is 11.7 Å². The minimum atomic E-state index is -0.326. The molecule has 0 saturated heterocycles. The fourth-order valence-electron chi connectivity index (χ4n) is 2.49. The van der Waals surface area contributed by atoms with E-state index in [1.54, 1.807) is 0 Å². The van der Waals surface area contributed by atoms with Crippen LogP contribution in [0.1, 0.15) is 19.3 Å². The highest BCUT2D eigenvalue weighted by molar-refractivity contribution is 5.92. The van der Waals surface area contributed by atoms with Crippen LogP contribution >= 0.6 is 0 Å². The zero-order chi connectivity index (χ0) is 13.7. The third-order valence-corrected chi connectivity index (χ3v) is 3.55. The van der Waals surface area contributed by atoms with Gasteiger partial charge in [-0.3, -0.25) is 4.79 Å². The second-order valence-corrected chi connectivity index (χ2v) is 4.92. The van der Waals surface area contributed by atoms with E-state index in [1.165, 1.54) is 24.3 Å². The van der Waals surface area contributed by atoms with Gasteiger partial charge in [0.1, 0.15) is 5.82 Å². The monoisotopic (exact) mass is 266 g/mol. The Balaban J connectivity index is 1.77. The highest BCUT2D eigenvalue weighted by Gasteiger charge is 2.26. The third-order valence-electron chi connectivity index (χ3n) is 3.55. The van der Waals surface area contributed by atoms with Gasteiger partial charge in [0.25, 0.3) is 0 Å². The van der Waals surface area contributed by atoms with Crippen LogP contribution in [0.25, 0.3) is 0 Å². The molecular formula is C14H19FN2O2. The number of carbonyl (C=O) groups excluding carboxylic acids is 1. The fourth-order valence-corrected chi connectivity index (χ4v) is 2.49. The van der Waals surface area contributed by atoms with Gasteiger partial charge in [-0.2, -0.15) is 0 Å². The molecule has 1 aromatic carbocycles. The summed E-state index contributed by atoms with van der Waals surface area (Å²) >= 11 is 0. The number of nitrogens with one attached hydrogen (secondary N) is 2. The lowest BCUT2D eigenvalue weighted by Crippen LogP contribution is -2.39. The van der Waals surface area contributed by atoms with E-state index in [0.717, 1.165) is 19.3 Å². The summed E-state index contributed by atoms with van der Waals surface area (Å²) in [4.78, 5) is 11.7. The van der Waals surface area contributed by atoms with Crippen molar-refractivity contribution in [1.29, 1.82) is 0 Å². The van der Waals surface area contributed by atoms with Crippen molar-refractivity contribution in [2.75, 3.05) is 18.5 Å². The van der Waals surface area contributed by atoms with Crippen molar-refractivity contribution < 1.29 is 14.3 Å². The smallest absolute Gasteiger partial charge is 0.238 e. The van der Waals surface area contributed by atoms with E-state index in [4.69, 9.17) is 0 Å². The number of amides is 1. The molecular weight excluding hydrogens is 247 g/mol. The first-order chi connectivity index (χ1) is 9.19. The first kappa shape index (κ1) is 14.0. The summed E-state index contributed by atoms with van der Waals surface area (Å²) in [6.07, 6.45) is 3.09. The van der Waals surface area contributed by atoms with Gasteiger partial charge < -0.3 is 15.7 Å². The molecule has 2 rings (SSSR count). The van der Waals surface area contributed by atoms with Crippen LogP contribution in [0.2, 0.25) is 0 Å². The number of hydrogen-bond donors (Lipinski definition) is 3. The number of aliphatic hydroxyl groups is 1. The van der Waals surface area contributed by atoms with Crippen LogP contribution < -0.4 is 10.6 Å². The maximum absolute atomic E-state index is 12.7. The largest absolute Gasteiger partial charge is 0.396 e. The van der Waals surface area contributed by atoms with Crippen LogP contribution in [0.4, 0.5) is 10.1 Å². The number of carbonyl (C=O) groups is 1. The average Bonchev–Trinajstić information content (AvgIpc) is 2.86. The van der Waals surface area contributed by atoms with Crippen LogP contribution in [-0.4, -0.2) is 30.2 Å². The van der Waals surface area contributed by atoms with E-state index in [9.17, 15) is 14.3 Å². The minimum Gasteiger partial charge on any atom is -0.396 e. The Labute approximate surface area is 112 Å². The quantitative estimate of drug-likeness (QED) is 0.757. The van der Waals surface area contributed by atoms with E-state index in [1.807, 2.05) is 0 Å². The van der Waals surface area contributed by atoms with Gasteiger partial charge in [-0.1, -0.05) is 6.42 Å². The van der Waals surface area contributed by atoms with Crippen molar-refractivity contribution >= 4 is 11.6 Å². The molecule has 0 aromatic heterocycles. The maximum atomic E-state index is 12.7. The van der Waals surface area contributed by atoms with Crippen molar-refractivity contribution in [1.82, 2.24) is 5.32 Å². The lowest BCUT2D eigenvalue weighted by Gasteiger charge is -2.18. The Morgan fingerprint density at radius 3 is 2.74 bits per heavy atom. The van der Waals surface area contributed by atoms with Gasteiger partial charge in [-0.25, -0.2) is 4.39 Å². The molecule has 1 amide bonds. The van der Waals surface area contributed by atoms with Crippen molar-refractivity contribution in [3.63, 3.8) is 0 Å². The van der Waals surface area contributed by atoms with Gasteiger partial charge >= 0.3 is 0 Å². The zero-order valence-electron chi connectivity index (χ0n) is 10.7. The first-order valence-corrected chi connectivity index (χ1v) is 6.58. The fraction of sp³-hybridized carbons (Fsp3) is 0.500. The molecule has 4 nitrogen and oxygen atoms in total. The van der Waals surface area contributed by atoms with Gasteiger partial charge in [-0.15, -0.1) is 0 Å². The predicted octanol–water partition coefficient (Wildman–Crippen LogP) is 1.51. The lowest BCUT2D eigenvalue weighted by atomic mass is 10.1. The Morgan fingerprint density at radius 2 is 2.05 bits per heavy atom. The number of halogens is 1. The van der Waals surface area contributed by atoms with Crippen LogP contribution in [0.3, 0.4) is 0 Å². The summed E-state index contributed by atoms with van der Waals surface area (Å²) in [6, 6.07) is 5.88. The highest BCUT2D eigenvalue weighted by Crippen LogP contribution is 2.24. The molecule has 0 radical (unpaired) electrons. The molecule has 1 aliphatic carbocycles. The van der Waals surface area contributed by atoms with E-state index < -0.39 is 0 Å². The summed E-state index contributed by atoms with van der Waals surface area (Å²) in [6.45, 7) is 0.371. The molecule has 1 saturated carbocycles. The molecule has 19 heavy (non-hydrogen) atoms. The molecule has 0 bridgehead atoms. The van der Waals surface area contributed by atoms with Gasteiger partial charge in [0.15, 0.2) is 0 Å². The second-order valence-electron chi connectivity index (χ2n) is 4.92. The van der Waals surface area contributed by atoms with Gasteiger partial charge in [0.2, 0.25) is 5.91 Å². The van der Waals surface area contributed by atoms with Crippen LogP contribution in [0.15, 0.2) is 24.3 Å². The maximum Gasteiger partial charge on any atom is 0.238 e. The molecule has 104 valence electrons. The number of anilines is 1. The molecule has 1 aliphatic rings. The van der Waals surface area contributed by atoms with Crippen LogP contribution in [0.5, 0.6) is 0 Å². The Hall–Kier alpha value is -1.46. The van der Waals surface area contributed by atoms with E-state index in [2.05, 4.69) is 10.6 Å². The Bertz CT molecular complexity index is 422. The van der Waals surface area contributed by atoms with E-state index >= 15 is 0 Å². The molecule has 1 aromatic rings. The zero-order valence-corrected chi connectivity index (χ0v) is 10.7. The molecule has 2 unspecified atom stereocenters. The van der Waals surface area contributed by atoms with E-state index in [0.29, 0.717) is 5.69 Å². The summed E-state index contributed by atoms with van der Waals surface area (Å²) in [5.41, 5.74) is 0.582. The second kappa shape index (κ2) is 6.63. The van der Waals surface area contributed by atoms with Gasteiger partial charge in [0.05, 0.1) is 6.54 Å². The number of rotatable bonds is 5. The van der Waals surface area contributed by atoms with Gasteiger partial charge in [-0.05, 0) is 43.0 Å². The molecule has 5 heteroatoms. The average molecular weight is 266 g/mol. The van der Waals surface area contributed by atoms with Crippen molar-refractivity contribution in [2.24, 2.45) is 5.92 Å². The molecule has 0 spiro atoms. The first-order valence-electron chi connectivity index (χ1n) is 6.58. The molecule has 2 atom stereocenters. The number of benzene rings is 1. The normalized spacial score (nSPS) is 22.4. The Kier molecular flexibility index (Phi) is 4.87. The highest BCUT2D eigenvalue weighted by atomic mass is 19.1. The SMILES string of the molecule is O=C(CNC1CCCC1CO)Nc1ccc(F)cc1. The minimum absolute atomic E-state index is 0.157. The van der Waals surface area contributed by atoms with Crippen molar-refractivity contribution in [2.45, 2.75) is 25.3 Å². The number of aliphatic hydroxyl groups excluding tert-OH is 1. The lowest BCUT2D eigenvalue weighted by molar-refractivity contribution is -0.115. The topological polar surface area (TPSA) is 61.4 Å². The molecule has 0 aliphatic heterocycles. The summed E-state index contributed by atoms with van der Waals surface area (Å²) < 4.78 is 12.7.